The minimum absolute atomic E-state index is 0.0422. The van der Waals surface area contributed by atoms with Gasteiger partial charge in [-0.1, -0.05) is 65.7 Å². The standard InChI is InChI=1S/C22H16Cl2N4O/c1-14-10-11-18(13-19(14)24)28-21(15-6-3-2-4-7-15)26-20(27-28)22(29)25-17-9-5-8-16(23)12-17/h2-13H,1H3,(H,25,29). The number of hydrogen-bond acceptors (Lipinski definition) is 3. The zero-order chi connectivity index (χ0) is 20.4. The molecule has 29 heavy (non-hydrogen) atoms. The first kappa shape index (κ1) is 19.2. The number of carbonyl (C=O) groups is 1. The second-order valence-corrected chi connectivity index (χ2v) is 7.28. The fraction of sp³-hybridized carbons (Fsp3) is 0.0455. The summed E-state index contributed by atoms with van der Waals surface area (Å²) in [6.45, 7) is 1.93. The number of aryl methyl sites for hydroxylation is 1. The van der Waals surface area contributed by atoms with Crippen LogP contribution in [0.3, 0.4) is 0 Å². The van der Waals surface area contributed by atoms with Crippen molar-refractivity contribution >= 4 is 34.8 Å². The molecule has 0 spiro atoms. The lowest BCUT2D eigenvalue weighted by Gasteiger charge is -2.07. The Bertz CT molecular complexity index is 1190. The lowest BCUT2D eigenvalue weighted by atomic mass is 10.2. The van der Waals surface area contributed by atoms with Gasteiger partial charge in [0.1, 0.15) is 0 Å². The highest BCUT2D eigenvalue weighted by molar-refractivity contribution is 6.31. The van der Waals surface area contributed by atoms with Gasteiger partial charge in [-0.2, -0.15) is 0 Å². The Labute approximate surface area is 177 Å². The van der Waals surface area contributed by atoms with E-state index in [-0.39, 0.29) is 5.82 Å². The van der Waals surface area contributed by atoms with Crippen molar-refractivity contribution in [3.05, 3.63) is 94.2 Å². The van der Waals surface area contributed by atoms with E-state index in [2.05, 4.69) is 15.4 Å². The Morgan fingerprint density at radius 3 is 2.48 bits per heavy atom. The average molecular weight is 423 g/mol. The van der Waals surface area contributed by atoms with E-state index in [1.165, 1.54) is 0 Å². The van der Waals surface area contributed by atoms with E-state index in [1.54, 1.807) is 35.0 Å². The number of carbonyl (C=O) groups excluding carboxylic acids is 1. The number of anilines is 1. The summed E-state index contributed by atoms with van der Waals surface area (Å²) in [5.41, 5.74) is 3.07. The Balaban J connectivity index is 1.77. The third kappa shape index (κ3) is 4.16. The highest BCUT2D eigenvalue weighted by atomic mass is 35.5. The van der Waals surface area contributed by atoms with Gasteiger partial charge in [-0.05, 0) is 42.8 Å². The number of nitrogens with one attached hydrogen (secondary N) is 1. The molecule has 0 bridgehead atoms. The van der Waals surface area contributed by atoms with Crippen LogP contribution in [0.4, 0.5) is 5.69 Å². The van der Waals surface area contributed by atoms with Gasteiger partial charge in [0.05, 0.1) is 5.69 Å². The predicted molar refractivity (Wildman–Crippen MR) is 116 cm³/mol. The molecule has 4 rings (SSSR count). The summed E-state index contributed by atoms with van der Waals surface area (Å²) in [5.74, 6) is 0.156. The molecule has 3 aromatic carbocycles. The Hall–Kier alpha value is -3.15. The maximum atomic E-state index is 12.8. The van der Waals surface area contributed by atoms with Crippen molar-refractivity contribution in [1.29, 1.82) is 0 Å². The van der Waals surface area contributed by atoms with E-state index in [1.807, 2.05) is 49.4 Å². The highest BCUT2D eigenvalue weighted by Crippen LogP contribution is 2.25. The largest absolute Gasteiger partial charge is 0.319 e. The van der Waals surface area contributed by atoms with E-state index in [9.17, 15) is 4.79 Å². The lowest BCUT2D eigenvalue weighted by Crippen LogP contribution is -2.14. The fourth-order valence-corrected chi connectivity index (χ4v) is 3.19. The summed E-state index contributed by atoms with van der Waals surface area (Å²) >= 11 is 12.3. The molecule has 5 nitrogen and oxygen atoms in total. The van der Waals surface area contributed by atoms with Crippen LogP contribution in [0.2, 0.25) is 10.0 Å². The van der Waals surface area contributed by atoms with Gasteiger partial charge in [-0.15, -0.1) is 5.10 Å². The molecule has 1 N–H and O–H groups in total. The van der Waals surface area contributed by atoms with Crippen LogP contribution in [0.15, 0.2) is 72.8 Å². The van der Waals surface area contributed by atoms with Crippen molar-refractivity contribution in [2.75, 3.05) is 5.32 Å². The number of halogens is 2. The number of hydrogen-bond donors (Lipinski definition) is 1. The van der Waals surface area contributed by atoms with Gasteiger partial charge in [0.15, 0.2) is 5.82 Å². The Morgan fingerprint density at radius 2 is 1.76 bits per heavy atom. The van der Waals surface area contributed by atoms with Gasteiger partial charge in [0.2, 0.25) is 5.82 Å². The molecule has 7 heteroatoms. The predicted octanol–water partition coefficient (Wildman–Crippen LogP) is 5.80. The van der Waals surface area contributed by atoms with Crippen molar-refractivity contribution in [3.63, 3.8) is 0 Å². The van der Waals surface area contributed by atoms with Crippen LogP contribution in [0.25, 0.3) is 17.1 Å². The molecule has 0 unspecified atom stereocenters. The summed E-state index contributed by atoms with van der Waals surface area (Å²) in [6, 6.07) is 22.0. The fourth-order valence-electron chi connectivity index (χ4n) is 2.83. The summed E-state index contributed by atoms with van der Waals surface area (Å²) in [5, 5.41) is 8.36. The van der Waals surface area contributed by atoms with Crippen LogP contribution in [-0.4, -0.2) is 20.7 Å². The van der Waals surface area contributed by atoms with Gasteiger partial charge < -0.3 is 5.32 Å². The quantitative estimate of drug-likeness (QED) is 0.451. The maximum absolute atomic E-state index is 12.8. The van der Waals surface area contributed by atoms with Gasteiger partial charge in [0, 0.05) is 21.3 Å². The van der Waals surface area contributed by atoms with Gasteiger partial charge in [0.25, 0.3) is 5.91 Å². The van der Waals surface area contributed by atoms with Crippen LogP contribution < -0.4 is 5.32 Å². The Morgan fingerprint density at radius 1 is 0.966 bits per heavy atom. The molecular weight excluding hydrogens is 407 g/mol. The molecule has 0 aliphatic carbocycles. The van der Waals surface area contributed by atoms with E-state index in [4.69, 9.17) is 23.2 Å². The third-order valence-electron chi connectivity index (χ3n) is 4.32. The van der Waals surface area contributed by atoms with Crippen molar-refractivity contribution < 1.29 is 4.79 Å². The van der Waals surface area contributed by atoms with Crippen LogP contribution in [0, 0.1) is 6.92 Å². The smallest absolute Gasteiger partial charge is 0.295 e. The van der Waals surface area contributed by atoms with Crippen molar-refractivity contribution in [2.24, 2.45) is 0 Å². The molecule has 0 aliphatic rings. The van der Waals surface area contributed by atoms with E-state index in [0.29, 0.717) is 27.2 Å². The molecule has 4 aromatic rings. The monoisotopic (exact) mass is 422 g/mol. The molecule has 0 saturated heterocycles. The molecule has 0 fully saturated rings. The van der Waals surface area contributed by atoms with E-state index in [0.717, 1.165) is 11.1 Å². The molecule has 144 valence electrons. The first-order chi connectivity index (χ1) is 14.0. The van der Waals surface area contributed by atoms with Crippen LogP contribution in [0.5, 0.6) is 0 Å². The first-order valence-corrected chi connectivity index (χ1v) is 9.63. The third-order valence-corrected chi connectivity index (χ3v) is 4.97. The summed E-state index contributed by atoms with van der Waals surface area (Å²) in [6.07, 6.45) is 0. The second kappa shape index (κ2) is 8.07. The van der Waals surface area contributed by atoms with Gasteiger partial charge >= 0.3 is 0 Å². The van der Waals surface area contributed by atoms with Crippen LogP contribution in [-0.2, 0) is 0 Å². The zero-order valence-electron chi connectivity index (χ0n) is 15.4. The van der Waals surface area contributed by atoms with E-state index < -0.39 is 5.91 Å². The molecule has 0 atom stereocenters. The number of amides is 1. The second-order valence-electron chi connectivity index (χ2n) is 6.43. The van der Waals surface area contributed by atoms with Gasteiger partial charge in [-0.3, -0.25) is 4.79 Å². The molecule has 1 heterocycles. The summed E-state index contributed by atoms with van der Waals surface area (Å²) in [7, 11) is 0. The molecular formula is C22H16Cl2N4O. The molecule has 0 saturated carbocycles. The maximum Gasteiger partial charge on any atom is 0.295 e. The SMILES string of the molecule is Cc1ccc(-n2nc(C(=O)Nc3cccc(Cl)c3)nc2-c2ccccc2)cc1Cl. The first-order valence-electron chi connectivity index (χ1n) is 8.87. The minimum Gasteiger partial charge on any atom is -0.319 e. The zero-order valence-corrected chi connectivity index (χ0v) is 16.9. The molecule has 1 aromatic heterocycles. The minimum atomic E-state index is -0.429. The summed E-state index contributed by atoms with van der Waals surface area (Å²) < 4.78 is 1.62. The average Bonchev–Trinajstić information content (AvgIpc) is 3.16. The molecule has 1 amide bonds. The topological polar surface area (TPSA) is 59.8 Å². The van der Waals surface area contributed by atoms with Crippen LogP contribution in [0.1, 0.15) is 16.2 Å². The normalized spacial score (nSPS) is 10.7. The van der Waals surface area contributed by atoms with Crippen molar-refractivity contribution in [1.82, 2.24) is 14.8 Å². The number of nitrogens with zero attached hydrogens (tertiary/aromatic N) is 3. The van der Waals surface area contributed by atoms with Crippen molar-refractivity contribution in [3.8, 4) is 17.1 Å². The van der Waals surface area contributed by atoms with Gasteiger partial charge in [-0.25, -0.2) is 9.67 Å². The number of benzene rings is 3. The Kier molecular flexibility index (Phi) is 5.34. The van der Waals surface area contributed by atoms with E-state index >= 15 is 0 Å². The van der Waals surface area contributed by atoms with Crippen molar-refractivity contribution in [2.45, 2.75) is 6.92 Å². The molecule has 0 aliphatic heterocycles. The molecule has 0 radical (unpaired) electrons. The lowest BCUT2D eigenvalue weighted by molar-refractivity contribution is 0.101. The highest BCUT2D eigenvalue weighted by Gasteiger charge is 2.19. The number of aromatic nitrogens is 3. The van der Waals surface area contributed by atoms with Crippen LogP contribution >= 0.6 is 23.2 Å². The summed E-state index contributed by atoms with van der Waals surface area (Å²) in [4.78, 5) is 17.2. The number of rotatable bonds is 4.